The van der Waals surface area contributed by atoms with Crippen LogP contribution in [0.25, 0.3) is 0 Å². The third kappa shape index (κ3) is 3.79. The number of nitrogens with zero attached hydrogens (tertiary/aromatic N) is 3. The fourth-order valence-corrected chi connectivity index (χ4v) is 3.22. The molecule has 1 saturated heterocycles. The quantitative estimate of drug-likeness (QED) is 0.889. The highest BCUT2D eigenvalue weighted by Crippen LogP contribution is 2.20. The predicted octanol–water partition coefficient (Wildman–Crippen LogP) is 2.18. The minimum absolute atomic E-state index is 0.0202. The van der Waals surface area contributed by atoms with Crippen molar-refractivity contribution in [2.45, 2.75) is 45.4 Å². The number of likely N-dealkylation sites (tertiary alicyclic amines) is 1. The molecule has 0 radical (unpaired) electrons. The molecule has 0 saturated carbocycles. The lowest BCUT2D eigenvalue weighted by atomic mass is 10.1. The first-order chi connectivity index (χ1) is 11.3. The van der Waals surface area contributed by atoms with Crippen LogP contribution in [0.15, 0.2) is 42.6 Å². The molecule has 0 spiro atoms. The molecule has 1 fully saturated rings. The van der Waals surface area contributed by atoms with Crippen LogP contribution in [0.4, 0.5) is 0 Å². The van der Waals surface area contributed by atoms with Crippen LogP contribution in [0.2, 0.25) is 0 Å². The number of benzene rings is 1. The maximum absolute atomic E-state index is 12.6. The molecule has 1 amide bonds. The molecule has 5 nitrogen and oxygen atoms in total. The fraction of sp³-hybridized carbons (Fsp3) is 0.444. The molecule has 1 aromatic carbocycles. The Balaban J connectivity index is 1.57. The zero-order valence-corrected chi connectivity index (χ0v) is 13.6. The van der Waals surface area contributed by atoms with Gasteiger partial charge in [-0.15, -0.1) is 0 Å². The van der Waals surface area contributed by atoms with Crippen LogP contribution < -0.4 is 5.32 Å². The second-order valence-corrected chi connectivity index (χ2v) is 5.97. The molecular formula is C18H24N4O. The highest BCUT2D eigenvalue weighted by Gasteiger charge is 2.30. The predicted molar refractivity (Wildman–Crippen MR) is 89.6 cm³/mol. The lowest BCUT2D eigenvalue weighted by Crippen LogP contribution is -2.42. The number of hydrogen-bond donors (Lipinski definition) is 1. The van der Waals surface area contributed by atoms with Crippen molar-refractivity contribution in [2.24, 2.45) is 0 Å². The average molecular weight is 312 g/mol. The van der Waals surface area contributed by atoms with E-state index in [1.54, 1.807) is 6.20 Å². The smallest absolute Gasteiger partial charge is 0.237 e. The van der Waals surface area contributed by atoms with E-state index in [1.165, 1.54) is 5.56 Å². The van der Waals surface area contributed by atoms with Gasteiger partial charge in [-0.25, -0.2) is 0 Å². The van der Waals surface area contributed by atoms with Crippen molar-refractivity contribution in [3.63, 3.8) is 0 Å². The summed E-state index contributed by atoms with van der Waals surface area (Å²) in [5, 5.41) is 7.31. The number of aryl methyl sites for hydroxylation is 1. The molecule has 0 bridgehead atoms. The summed E-state index contributed by atoms with van der Waals surface area (Å²) in [5.41, 5.74) is 2.31. The summed E-state index contributed by atoms with van der Waals surface area (Å²) in [6.45, 7) is 5.24. The normalized spacial score (nSPS) is 18.2. The van der Waals surface area contributed by atoms with E-state index in [4.69, 9.17) is 0 Å². The second kappa shape index (κ2) is 7.42. The van der Waals surface area contributed by atoms with Crippen LogP contribution in [0, 0.1) is 0 Å². The summed E-state index contributed by atoms with van der Waals surface area (Å²) in [6, 6.07) is 12.3. The molecule has 3 rings (SSSR count). The summed E-state index contributed by atoms with van der Waals surface area (Å²) in [5.74, 6) is 0.127. The number of amides is 1. The van der Waals surface area contributed by atoms with Crippen molar-refractivity contribution in [3.8, 4) is 0 Å². The van der Waals surface area contributed by atoms with Gasteiger partial charge in [0.1, 0.15) is 0 Å². The van der Waals surface area contributed by atoms with E-state index in [0.717, 1.165) is 38.2 Å². The molecule has 2 aromatic rings. The van der Waals surface area contributed by atoms with E-state index in [0.29, 0.717) is 6.54 Å². The second-order valence-electron chi connectivity index (χ2n) is 5.97. The zero-order valence-electron chi connectivity index (χ0n) is 13.6. The number of carbonyl (C=O) groups is 1. The van der Waals surface area contributed by atoms with Crippen LogP contribution >= 0.6 is 0 Å². The van der Waals surface area contributed by atoms with Gasteiger partial charge in [-0.05, 0) is 37.9 Å². The molecular weight excluding hydrogens is 288 g/mol. The SMILES string of the molecule is CCn1nccc1CNC(=O)C1CCCN1Cc1ccccc1. The van der Waals surface area contributed by atoms with Gasteiger partial charge in [0.2, 0.25) is 5.91 Å². The minimum Gasteiger partial charge on any atom is -0.349 e. The van der Waals surface area contributed by atoms with Gasteiger partial charge in [0.05, 0.1) is 18.3 Å². The first-order valence-corrected chi connectivity index (χ1v) is 8.34. The number of aromatic nitrogens is 2. The topological polar surface area (TPSA) is 50.2 Å². The molecule has 122 valence electrons. The van der Waals surface area contributed by atoms with Gasteiger partial charge in [-0.1, -0.05) is 30.3 Å². The van der Waals surface area contributed by atoms with E-state index in [2.05, 4.69) is 34.4 Å². The Morgan fingerprint density at radius 3 is 2.91 bits per heavy atom. The molecule has 0 aliphatic carbocycles. The minimum atomic E-state index is -0.0202. The first-order valence-electron chi connectivity index (χ1n) is 8.34. The van der Waals surface area contributed by atoms with Crippen molar-refractivity contribution in [3.05, 3.63) is 53.9 Å². The van der Waals surface area contributed by atoms with Gasteiger partial charge < -0.3 is 5.32 Å². The Hall–Kier alpha value is -2.14. The van der Waals surface area contributed by atoms with E-state index in [-0.39, 0.29) is 11.9 Å². The van der Waals surface area contributed by atoms with E-state index in [9.17, 15) is 4.79 Å². The molecule has 1 aromatic heterocycles. The summed E-state index contributed by atoms with van der Waals surface area (Å²) < 4.78 is 1.91. The Labute approximate surface area is 137 Å². The number of carbonyl (C=O) groups excluding carboxylic acids is 1. The lowest BCUT2D eigenvalue weighted by Gasteiger charge is -2.23. The summed E-state index contributed by atoms with van der Waals surface area (Å²) in [6.07, 6.45) is 3.80. The standard InChI is InChI=1S/C18H24N4O/c1-2-22-16(10-11-20-22)13-19-18(23)17-9-6-12-21(17)14-15-7-4-3-5-8-15/h3-5,7-8,10-11,17H,2,6,9,12-14H2,1H3,(H,19,23). The molecule has 1 atom stereocenters. The number of nitrogens with one attached hydrogen (secondary N) is 1. The molecule has 2 heterocycles. The first kappa shape index (κ1) is 15.7. The van der Waals surface area contributed by atoms with Crippen LogP contribution in [0.5, 0.6) is 0 Å². The average Bonchev–Trinajstić information content (AvgIpc) is 3.22. The molecule has 1 N–H and O–H groups in total. The molecule has 1 unspecified atom stereocenters. The Morgan fingerprint density at radius 1 is 1.30 bits per heavy atom. The van der Waals surface area contributed by atoms with Gasteiger partial charge >= 0.3 is 0 Å². The van der Waals surface area contributed by atoms with Crippen molar-refractivity contribution in [1.29, 1.82) is 0 Å². The van der Waals surface area contributed by atoms with Gasteiger partial charge in [-0.3, -0.25) is 14.4 Å². The summed E-state index contributed by atoms with van der Waals surface area (Å²) in [4.78, 5) is 14.8. The number of hydrogen-bond acceptors (Lipinski definition) is 3. The Bertz CT molecular complexity index is 637. The maximum atomic E-state index is 12.6. The van der Waals surface area contributed by atoms with Gasteiger partial charge in [0.15, 0.2) is 0 Å². The van der Waals surface area contributed by atoms with Crippen LogP contribution in [0.1, 0.15) is 31.0 Å². The fourth-order valence-electron chi connectivity index (χ4n) is 3.22. The van der Waals surface area contributed by atoms with Crippen LogP contribution in [-0.2, 0) is 24.4 Å². The molecule has 23 heavy (non-hydrogen) atoms. The monoisotopic (exact) mass is 312 g/mol. The number of rotatable bonds is 6. The Morgan fingerprint density at radius 2 is 2.13 bits per heavy atom. The van der Waals surface area contributed by atoms with Crippen molar-refractivity contribution in [1.82, 2.24) is 20.0 Å². The Kier molecular flexibility index (Phi) is 5.08. The van der Waals surface area contributed by atoms with E-state index >= 15 is 0 Å². The van der Waals surface area contributed by atoms with Crippen LogP contribution in [-0.4, -0.2) is 33.2 Å². The maximum Gasteiger partial charge on any atom is 0.237 e. The highest BCUT2D eigenvalue weighted by atomic mass is 16.2. The van der Waals surface area contributed by atoms with E-state index in [1.807, 2.05) is 28.9 Å². The third-order valence-electron chi connectivity index (χ3n) is 4.44. The lowest BCUT2D eigenvalue weighted by molar-refractivity contribution is -0.125. The summed E-state index contributed by atoms with van der Waals surface area (Å²) >= 11 is 0. The van der Waals surface area contributed by atoms with Crippen molar-refractivity contribution in [2.75, 3.05) is 6.54 Å². The van der Waals surface area contributed by atoms with E-state index < -0.39 is 0 Å². The third-order valence-corrected chi connectivity index (χ3v) is 4.44. The van der Waals surface area contributed by atoms with Crippen LogP contribution in [0.3, 0.4) is 0 Å². The van der Waals surface area contributed by atoms with Crippen molar-refractivity contribution >= 4 is 5.91 Å². The van der Waals surface area contributed by atoms with Gasteiger partial charge in [0.25, 0.3) is 0 Å². The molecule has 1 aliphatic heterocycles. The van der Waals surface area contributed by atoms with Crippen molar-refractivity contribution < 1.29 is 4.79 Å². The zero-order chi connectivity index (χ0) is 16.1. The van der Waals surface area contributed by atoms with Gasteiger partial charge in [0, 0.05) is 19.3 Å². The molecule has 1 aliphatic rings. The summed E-state index contributed by atoms with van der Waals surface area (Å²) in [7, 11) is 0. The molecule has 5 heteroatoms. The largest absolute Gasteiger partial charge is 0.349 e. The van der Waals surface area contributed by atoms with Gasteiger partial charge in [-0.2, -0.15) is 5.10 Å². The highest BCUT2D eigenvalue weighted by molar-refractivity contribution is 5.82.